The van der Waals surface area contributed by atoms with Crippen molar-refractivity contribution in [3.05, 3.63) is 51.1 Å². The van der Waals surface area contributed by atoms with Crippen molar-refractivity contribution >= 4 is 34.0 Å². The highest BCUT2D eigenvalue weighted by atomic mass is 32.1. The molecule has 0 aliphatic carbocycles. The van der Waals surface area contributed by atoms with Crippen molar-refractivity contribution in [1.82, 2.24) is 9.97 Å². The van der Waals surface area contributed by atoms with Crippen LogP contribution in [-0.2, 0) is 4.74 Å². The van der Waals surface area contributed by atoms with E-state index in [0.29, 0.717) is 16.1 Å². The number of fused-ring (bicyclic) bond motifs is 1. The maximum absolute atomic E-state index is 12.8. The third-order valence-electron chi connectivity index (χ3n) is 3.88. The number of ether oxygens (including phenoxy) is 1. The van der Waals surface area contributed by atoms with Gasteiger partial charge in [0.05, 0.1) is 10.7 Å². The quantitative estimate of drug-likeness (QED) is 0.575. The van der Waals surface area contributed by atoms with Crippen molar-refractivity contribution in [2.24, 2.45) is 0 Å². The molecule has 2 heterocycles. The van der Waals surface area contributed by atoms with Crippen molar-refractivity contribution in [3.8, 4) is 0 Å². The number of esters is 1. The van der Waals surface area contributed by atoms with Gasteiger partial charge in [0.25, 0.3) is 0 Å². The lowest BCUT2D eigenvalue weighted by molar-refractivity contribution is 0.0323. The van der Waals surface area contributed by atoms with Crippen molar-refractivity contribution < 1.29 is 14.3 Å². The molecule has 24 heavy (non-hydrogen) atoms. The van der Waals surface area contributed by atoms with Crippen LogP contribution in [0.4, 0.5) is 0 Å². The molecule has 124 valence electrons. The van der Waals surface area contributed by atoms with Crippen LogP contribution < -0.4 is 0 Å². The first-order valence-electron chi connectivity index (χ1n) is 7.65. The van der Waals surface area contributed by atoms with E-state index in [4.69, 9.17) is 4.74 Å². The summed E-state index contributed by atoms with van der Waals surface area (Å²) in [7, 11) is 0. The van der Waals surface area contributed by atoms with Gasteiger partial charge in [0.2, 0.25) is 5.78 Å². The van der Waals surface area contributed by atoms with Crippen LogP contribution in [0.3, 0.4) is 0 Å². The summed E-state index contributed by atoms with van der Waals surface area (Å²) < 4.78 is 5.39. The summed E-state index contributed by atoms with van der Waals surface area (Å²) in [6.45, 7) is 7.04. The highest BCUT2D eigenvalue weighted by molar-refractivity contribution is 7.13. The van der Waals surface area contributed by atoms with Crippen LogP contribution in [0.25, 0.3) is 10.9 Å². The minimum absolute atomic E-state index is 0.211. The molecule has 1 unspecified atom stereocenters. The molecule has 6 heteroatoms. The van der Waals surface area contributed by atoms with Crippen LogP contribution in [-0.4, -0.2) is 27.8 Å². The maximum Gasteiger partial charge on any atom is 0.350 e. The summed E-state index contributed by atoms with van der Waals surface area (Å²) in [5.74, 6) is -0.714. The number of rotatable bonds is 4. The Hall–Kier alpha value is -2.47. The van der Waals surface area contributed by atoms with E-state index in [2.05, 4.69) is 9.97 Å². The molecule has 0 amide bonds. The summed E-state index contributed by atoms with van der Waals surface area (Å²) in [5.41, 5.74) is 2.87. The number of nitrogens with zero attached hydrogens (tertiary/aromatic N) is 1. The maximum atomic E-state index is 12.8. The first-order valence-corrected chi connectivity index (χ1v) is 8.46. The van der Waals surface area contributed by atoms with Crippen LogP contribution in [0.5, 0.6) is 0 Å². The normalized spacial score (nSPS) is 12.3. The summed E-state index contributed by atoms with van der Waals surface area (Å²) >= 11 is 1.28. The number of aromatic amines is 1. The Morgan fingerprint density at radius 3 is 2.58 bits per heavy atom. The van der Waals surface area contributed by atoms with Crippen LogP contribution in [0.2, 0.25) is 0 Å². The zero-order valence-corrected chi connectivity index (χ0v) is 14.8. The second-order valence-corrected chi connectivity index (χ2v) is 6.93. The fourth-order valence-corrected chi connectivity index (χ4v) is 3.59. The molecule has 0 aliphatic heterocycles. The Balaban J connectivity index is 1.85. The van der Waals surface area contributed by atoms with E-state index < -0.39 is 12.1 Å². The number of Topliss-reactive ketones (excluding diaryl/α,β-unsaturated/α-hetero) is 1. The zero-order chi connectivity index (χ0) is 17.4. The van der Waals surface area contributed by atoms with E-state index in [9.17, 15) is 9.59 Å². The SMILES string of the molecule is Cc1nc(C)c(C(=O)OC(C)C(=O)c2c(C)[nH]c3ccccc23)s1. The summed E-state index contributed by atoms with van der Waals surface area (Å²) in [5, 5.41) is 1.64. The number of nitrogens with one attached hydrogen (secondary N) is 1. The number of thiazole rings is 1. The molecule has 2 aromatic heterocycles. The molecule has 3 aromatic rings. The van der Waals surface area contributed by atoms with Gasteiger partial charge in [0.1, 0.15) is 4.88 Å². The minimum atomic E-state index is -0.864. The number of aryl methyl sites for hydroxylation is 3. The average Bonchev–Trinajstić information content (AvgIpc) is 3.04. The molecule has 0 saturated carbocycles. The fraction of sp³-hybridized carbons (Fsp3) is 0.278. The number of carbonyl (C=O) groups excluding carboxylic acids is 2. The van der Waals surface area contributed by atoms with Crippen LogP contribution in [0, 0.1) is 20.8 Å². The number of ketones is 1. The molecule has 0 radical (unpaired) electrons. The first kappa shape index (κ1) is 16.4. The predicted molar refractivity (Wildman–Crippen MR) is 93.8 cm³/mol. The first-order chi connectivity index (χ1) is 11.4. The lowest BCUT2D eigenvalue weighted by Gasteiger charge is -2.12. The topological polar surface area (TPSA) is 72.0 Å². The fourth-order valence-electron chi connectivity index (χ4n) is 2.79. The lowest BCUT2D eigenvalue weighted by Crippen LogP contribution is -2.24. The highest BCUT2D eigenvalue weighted by Gasteiger charge is 2.26. The van der Waals surface area contributed by atoms with E-state index in [1.807, 2.05) is 38.1 Å². The molecule has 1 N–H and O–H groups in total. The molecule has 0 bridgehead atoms. The van der Waals surface area contributed by atoms with E-state index in [0.717, 1.165) is 21.6 Å². The molecular formula is C18H18N2O3S. The standard InChI is InChI=1S/C18H18N2O3S/c1-9-15(13-7-5-6-8-14(13)20-9)16(21)11(3)23-18(22)17-10(2)19-12(4)24-17/h5-8,11,20H,1-4H3. The van der Waals surface area contributed by atoms with Crippen LogP contribution in [0.1, 0.15) is 43.3 Å². The number of para-hydroxylation sites is 1. The van der Waals surface area contributed by atoms with Crippen LogP contribution >= 0.6 is 11.3 Å². The van der Waals surface area contributed by atoms with Gasteiger partial charge in [-0.25, -0.2) is 9.78 Å². The number of aromatic nitrogens is 2. The summed E-state index contributed by atoms with van der Waals surface area (Å²) in [6.07, 6.45) is -0.864. The van der Waals surface area contributed by atoms with Crippen molar-refractivity contribution in [2.75, 3.05) is 0 Å². The van der Waals surface area contributed by atoms with E-state index in [1.165, 1.54) is 11.3 Å². The van der Waals surface area contributed by atoms with E-state index in [1.54, 1.807) is 13.8 Å². The van der Waals surface area contributed by atoms with Crippen molar-refractivity contribution in [3.63, 3.8) is 0 Å². The largest absolute Gasteiger partial charge is 0.450 e. The minimum Gasteiger partial charge on any atom is -0.450 e. The molecule has 0 spiro atoms. The van der Waals surface area contributed by atoms with Crippen LogP contribution in [0.15, 0.2) is 24.3 Å². The molecule has 0 fully saturated rings. The summed E-state index contributed by atoms with van der Waals surface area (Å²) in [4.78, 5) is 32.9. The third-order valence-corrected chi connectivity index (χ3v) is 4.93. The number of hydrogen-bond donors (Lipinski definition) is 1. The van der Waals surface area contributed by atoms with Gasteiger partial charge in [-0.15, -0.1) is 11.3 Å². The Morgan fingerprint density at radius 2 is 1.92 bits per heavy atom. The predicted octanol–water partition coefficient (Wildman–Crippen LogP) is 3.98. The van der Waals surface area contributed by atoms with Gasteiger partial charge in [-0.05, 0) is 33.8 Å². The van der Waals surface area contributed by atoms with Gasteiger partial charge in [0, 0.05) is 22.2 Å². The van der Waals surface area contributed by atoms with Crippen molar-refractivity contribution in [1.29, 1.82) is 0 Å². The molecule has 0 saturated heterocycles. The van der Waals surface area contributed by atoms with Gasteiger partial charge in [-0.2, -0.15) is 0 Å². The Morgan fingerprint density at radius 1 is 1.21 bits per heavy atom. The summed E-state index contributed by atoms with van der Waals surface area (Å²) in [6, 6.07) is 7.59. The van der Waals surface area contributed by atoms with Gasteiger partial charge in [0.15, 0.2) is 6.10 Å². The van der Waals surface area contributed by atoms with Gasteiger partial charge in [-0.1, -0.05) is 18.2 Å². The highest BCUT2D eigenvalue weighted by Crippen LogP contribution is 2.25. The number of hydrogen-bond acceptors (Lipinski definition) is 5. The van der Waals surface area contributed by atoms with Gasteiger partial charge in [-0.3, -0.25) is 4.79 Å². The molecule has 5 nitrogen and oxygen atoms in total. The zero-order valence-electron chi connectivity index (χ0n) is 14.0. The molecule has 0 aliphatic rings. The van der Waals surface area contributed by atoms with Gasteiger partial charge < -0.3 is 9.72 Å². The van der Waals surface area contributed by atoms with Crippen molar-refractivity contribution in [2.45, 2.75) is 33.8 Å². The monoisotopic (exact) mass is 342 g/mol. The van der Waals surface area contributed by atoms with E-state index >= 15 is 0 Å². The number of H-pyrrole nitrogens is 1. The average molecular weight is 342 g/mol. The molecule has 1 atom stereocenters. The Labute approximate surface area is 143 Å². The Bertz CT molecular complexity index is 939. The second-order valence-electron chi connectivity index (χ2n) is 5.73. The third kappa shape index (κ3) is 2.85. The smallest absolute Gasteiger partial charge is 0.350 e. The molecule has 1 aromatic carbocycles. The lowest BCUT2D eigenvalue weighted by atomic mass is 10.0. The van der Waals surface area contributed by atoms with Gasteiger partial charge >= 0.3 is 5.97 Å². The Kier molecular flexibility index (Phi) is 4.24. The number of benzene rings is 1. The number of carbonyl (C=O) groups is 2. The van der Waals surface area contributed by atoms with E-state index in [-0.39, 0.29) is 5.78 Å². The second kappa shape index (κ2) is 6.20. The molecule has 3 rings (SSSR count). The molecular weight excluding hydrogens is 324 g/mol.